The second-order valence-electron chi connectivity index (χ2n) is 5.74. The average molecular weight is 343 g/mol. The van der Waals surface area contributed by atoms with Crippen LogP contribution in [0.1, 0.15) is 40.3 Å². The molecule has 8 heteroatoms. The van der Waals surface area contributed by atoms with E-state index in [2.05, 4.69) is 15.5 Å². The van der Waals surface area contributed by atoms with Crippen LogP contribution in [0.3, 0.4) is 0 Å². The van der Waals surface area contributed by atoms with E-state index in [0.29, 0.717) is 35.6 Å². The van der Waals surface area contributed by atoms with Gasteiger partial charge in [0, 0.05) is 23.2 Å². The van der Waals surface area contributed by atoms with Crippen molar-refractivity contribution in [3.63, 3.8) is 0 Å². The smallest absolute Gasteiger partial charge is 0.291 e. The van der Waals surface area contributed by atoms with E-state index in [9.17, 15) is 9.18 Å². The van der Waals surface area contributed by atoms with Gasteiger partial charge in [-0.15, -0.1) is 5.10 Å². The van der Waals surface area contributed by atoms with Gasteiger partial charge in [0.15, 0.2) is 5.76 Å². The molecule has 0 atom stereocenters. The Labute approximate surface area is 143 Å². The summed E-state index contributed by atoms with van der Waals surface area (Å²) in [6, 6.07) is 5.51. The second kappa shape index (κ2) is 6.76. The first kappa shape index (κ1) is 16.7. The molecule has 0 unspecified atom stereocenters. The van der Waals surface area contributed by atoms with Crippen LogP contribution in [-0.2, 0) is 6.42 Å². The van der Waals surface area contributed by atoms with Crippen molar-refractivity contribution in [3.8, 4) is 0 Å². The number of nitrogens with zero attached hydrogens (tertiary/aromatic N) is 2. The van der Waals surface area contributed by atoms with E-state index < -0.39 is 5.91 Å². The van der Waals surface area contributed by atoms with Crippen LogP contribution in [0.25, 0.3) is 0 Å². The van der Waals surface area contributed by atoms with Crippen molar-refractivity contribution >= 4 is 23.3 Å². The summed E-state index contributed by atoms with van der Waals surface area (Å²) < 4.78 is 18.7. The van der Waals surface area contributed by atoms with Crippen LogP contribution in [0, 0.1) is 12.7 Å². The summed E-state index contributed by atoms with van der Waals surface area (Å²) in [6.45, 7) is 1.79. The molecule has 5 N–H and O–H groups in total. The van der Waals surface area contributed by atoms with Crippen molar-refractivity contribution in [2.75, 3.05) is 5.32 Å². The van der Waals surface area contributed by atoms with E-state index in [1.807, 2.05) is 0 Å². The molecular weight excluding hydrogens is 325 g/mol. The average Bonchev–Trinajstić information content (AvgIpc) is 2.93. The Balaban J connectivity index is 1.91. The van der Waals surface area contributed by atoms with Crippen molar-refractivity contribution in [1.82, 2.24) is 0 Å². The minimum Gasteiger partial charge on any atom is -0.455 e. The number of hydrogen-bond acceptors (Lipinski definition) is 4. The number of aryl methyl sites for hydroxylation is 1. The molecule has 0 fully saturated rings. The molecular formula is C17H18FN5O2. The lowest BCUT2D eigenvalue weighted by atomic mass is 9.93. The Morgan fingerprint density at radius 2 is 1.96 bits per heavy atom. The zero-order valence-corrected chi connectivity index (χ0v) is 13.7. The first-order chi connectivity index (χ1) is 12.0. The Morgan fingerprint density at radius 1 is 1.24 bits per heavy atom. The van der Waals surface area contributed by atoms with Gasteiger partial charge in [-0.3, -0.25) is 4.79 Å². The van der Waals surface area contributed by atoms with Crippen LogP contribution in [0.5, 0.6) is 0 Å². The molecule has 1 amide bonds. The number of guanidine groups is 1. The molecule has 7 nitrogen and oxygen atoms in total. The third-order valence-corrected chi connectivity index (χ3v) is 3.92. The lowest BCUT2D eigenvalue weighted by molar-refractivity contribution is 0.0994. The van der Waals surface area contributed by atoms with Crippen molar-refractivity contribution in [1.29, 1.82) is 0 Å². The number of amides is 1. The first-order valence-electron chi connectivity index (χ1n) is 7.80. The minimum atomic E-state index is -0.403. The largest absolute Gasteiger partial charge is 0.455 e. The fraction of sp³-hybridized carbons (Fsp3) is 0.235. The molecule has 1 aromatic carbocycles. The summed E-state index contributed by atoms with van der Waals surface area (Å²) in [4.78, 5) is 12.5. The van der Waals surface area contributed by atoms with Crippen LogP contribution in [0.4, 0.5) is 10.1 Å². The molecule has 2 aromatic rings. The highest BCUT2D eigenvalue weighted by atomic mass is 19.1. The van der Waals surface area contributed by atoms with E-state index >= 15 is 0 Å². The molecule has 0 saturated carbocycles. The van der Waals surface area contributed by atoms with Gasteiger partial charge in [-0.2, -0.15) is 5.10 Å². The van der Waals surface area contributed by atoms with Crippen LogP contribution in [0.15, 0.2) is 38.9 Å². The number of furan rings is 1. The summed E-state index contributed by atoms with van der Waals surface area (Å²) in [5, 5.41) is 10.5. The minimum absolute atomic E-state index is 0.130. The monoisotopic (exact) mass is 343 g/mol. The van der Waals surface area contributed by atoms with E-state index in [-0.39, 0.29) is 17.5 Å². The third kappa shape index (κ3) is 3.52. The Bertz CT molecular complexity index is 864. The number of carbonyl (C=O) groups is 1. The Kier molecular flexibility index (Phi) is 4.51. The van der Waals surface area contributed by atoms with Gasteiger partial charge < -0.3 is 21.2 Å². The van der Waals surface area contributed by atoms with Gasteiger partial charge in [0.05, 0.1) is 5.71 Å². The van der Waals surface area contributed by atoms with Gasteiger partial charge in [0.25, 0.3) is 5.91 Å². The predicted molar refractivity (Wildman–Crippen MR) is 93.1 cm³/mol. The van der Waals surface area contributed by atoms with Gasteiger partial charge in [-0.05, 0) is 44.0 Å². The molecule has 25 heavy (non-hydrogen) atoms. The zero-order valence-electron chi connectivity index (χ0n) is 13.7. The Morgan fingerprint density at radius 3 is 2.64 bits per heavy atom. The number of nitrogens with two attached hydrogens (primary N) is 2. The number of carbonyl (C=O) groups excluding carboxylic acids is 1. The maximum Gasteiger partial charge on any atom is 0.291 e. The summed E-state index contributed by atoms with van der Waals surface area (Å²) in [5.41, 5.74) is 13.3. The number of hydrogen-bond donors (Lipinski definition) is 3. The SMILES string of the molecule is Cc1c(C(=O)Nc2ccc(F)cc2)oc2c1/C(=N/N=C(N)N)CCC2. The van der Waals surface area contributed by atoms with Crippen molar-refractivity contribution in [3.05, 3.63) is 52.7 Å². The van der Waals surface area contributed by atoms with E-state index in [0.717, 1.165) is 12.0 Å². The number of nitrogens with one attached hydrogen (secondary N) is 1. The maximum atomic E-state index is 13.0. The van der Waals surface area contributed by atoms with Gasteiger partial charge in [-0.25, -0.2) is 4.39 Å². The van der Waals surface area contributed by atoms with Crippen LogP contribution in [0.2, 0.25) is 0 Å². The highest BCUT2D eigenvalue weighted by molar-refractivity contribution is 6.09. The molecule has 0 spiro atoms. The third-order valence-electron chi connectivity index (χ3n) is 3.92. The molecule has 0 aliphatic heterocycles. The first-order valence-corrected chi connectivity index (χ1v) is 7.80. The lowest BCUT2D eigenvalue weighted by Gasteiger charge is -2.11. The fourth-order valence-corrected chi connectivity index (χ4v) is 2.82. The zero-order chi connectivity index (χ0) is 18.0. The summed E-state index contributed by atoms with van der Waals surface area (Å²) >= 11 is 0. The van der Waals surface area contributed by atoms with Crippen molar-refractivity contribution in [2.45, 2.75) is 26.2 Å². The predicted octanol–water partition coefficient (Wildman–Crippen LogP) is 2.29. The highest BCUT2D eigenvalue weighted by Crippen LogP contribution is 2.30. The highest BCUT2D eigenvalue weighted by Gasteiger charge is 2.28. The summed E-state index contributed by atoms with van der Waals surface area (Å²) in [6.07, 6.45) is 2.24. The number of fused-ring (bicyclic) bond motifs is 1. The summed E-state index contributed by atoms with van der Waals surface area (Å²) in [5.74, 6) is -0.0100. The van der Waals surface area contributed by atoms with E-state index in [4.69, 9.17) is 15.9 Å². The van der Waals surface area contributed by atoms with Crippen LogP contribution >= 0.6 is 0 Å². The van der Waals surface area contributed by atoms with E-state index in [1.165, 1.54) is 24.3 Å². The molecule has 1 aliphatic rings. The normalized spacial score (nSPS) is 14.9. The van der Waals surface area contributed by atoms with Crippen LogP contribution < -0.4 is 16.8 Å². The molecule has 130 valence electrons. The molecule has 0 saturated heterocycles. The topological polar surface area (TPSA) is 119 Å². The van der Waals surface area contributed by atoms with Crippen molar-refractivity contribution < 1.29 is 13.6 Å². The van der Waals surface area contributed by atoms with Gasteiger partial charge in [-0.1, -0.05) is 0 Å². The maximum absolute atomic E-state index is 13.0. The molecule has 1 heterocycles. The molecule has 3 rings (SSSR count). The van der Waals surface area contributed by atoms with Gasteiger partial charge in [0.1, 0.15) is 11.6 Å². The van der Waals surface area contributed by atoms with Gasteiger partial charge >= 0.3 is 0 Å². The lowest BCUT2D eigenvalue weighted by Crippen LogP contribution is -2.22. The molecule has 1 aliphatic carbocycles. The molecule has 0 bridgehead atoms. The Hall–Kier alpha value is -3.16. The standard InChI is InChI=1S/C17H18FN5O2/c1-9-14-12(22-23-17(19)20)3-2-4-13(14)25-15(9)16(24)21-11-7-5-10(18)6-8-11/h5-8H,2-4H2,1H3,(H,21,24)(H4,19,20,23)/b22-12+. The van der Waals surface area contributed by atoms with E-state index in [1.54, 1.807) is 6.92 Å². The van der Waals surface area contributed by atoms with Crippen LogP contribution in [-0.4, -0.2) is 17.6 Å². The molecule has 0 radical (unpaired) electrons. The van der Waals surface area contributed by atoms with Gasteiger partial charge in [0.2, 0.25) is 5.96 Å². The quantitative estimate of drug-likeness (QED) is 0.450. The number of rotatable bonds is 3. The summed E-state index contributed by atoms with van der Waals surface area (Å²) in [7, 11) is 0. The number of halogens is 1. The number of anilines is 1. The molecule has 1 aromatic heterocycles. The second-order valence-corrected chi connectivity index (χ2v) is 5.74. The van der Waals surface area contributed by atoms with Crippen molar-refractivity contribution in [2.24, 2.45) is 21.7 Å². The number of benzene rings is 1. The fourth-order valence-electron chi connectivity index (χ4n) is 2.82.